The van der Waals surface area contributed by atoms with E-state index in [0.717, 1.165) is 9.88 Å². The van der Waals surface area contributed by atoms with Crippen molar-refractivity contribution in [3.05, 3.63) is 16.5 Å². The fourth-order valence-electron chi connectivity index (χ4n) is 1.71. The Morgan fingerprint density at radius 2 is 2.16 bits per heavy atom. The zero-order valence-corrected chi connectivity index (χ0v) is 12.4. The SMILES string of the molecule is CCOC(=O)c1cc(C)sc1N(C)CC(C)C(=O)O. The molecule has 0 saturated heterocycles. The van der Waals surface area contributed by atoms with Crippen LogP contribution >= 0.6 is 11.3 Å². The van der Waals surface area contributed by atoms with Crippen LogP contribution in [0.1, 0.15) is 29.1 Å². The molecule has 0 radical (unpaired) electrons. The van der Waals surface area contributed by atoms with Crippen LogP contribution in [0.4, 0.5) is 5.00 Å². The van der Waals surface area contributed by atoms with Crippen LogP contribution < -0.4 is 4.90 Å². The highest BCUT2D eigenvalue weighted by atomic mass is 32.1. The van der Waals surface area contributed by atoms with Gasteiger partial charge in [0.2, 0.25) is 0 Å². The van der Waals surface area contributed by atoms with E-state index < -0.39 is 11.9 Å². The third-order valence-corrected chi connectivity index (χ3v) is 3.81. The van der Waals surface area contributed by atoms with Gasteiger partial charge in [-0.3, -0.25) is 4.79 Å². The van der Waals surface area contributed by atoms with Gasteiger partial charge in [-0.2, -0.15) is 0 Å². The monoisotopic (exact) mass is 285 g/mol. The van der Waals surface area contributed by atoms with Gasteiger partial charge in [0, 0.05) is 18.5 Å². The molecular formula is C13H19NO4S. The van der Waals surface area contributed by atoms with E-state index >= 15 is 0 Å². The second kappa shape index (κ2) is 6.56. The number of thiophene rings is 1. The van der Waals surface area contributed by atoms with Crippen LogP contribution in [-0.2, 0) is 9.53 Å². The lowest BCUT2D eigenvalue weighted by Gasteiger charge is -2.20. The largest absolute Gasteiger partial charge is 0.481 e. The summed E-state index contributed by atoms with van der Waals surface area (Å²) in [4.78, 5) is 25.5. The van der Waals surface area contributed by atoms with Crippen LogP contribution in [0.5, 0.6) is 0 Å². The lowest BCUT2D eigenvalue weighted by Crippen LogP contribution is -2.28. The van der Waals surface area contributed by atoms with Gasteiger partial charge < -0.3 is 14.7 Å². The molecule has 1 heterocycles. The number of hydrogen-bond donors (Lipinski definition) is 1. The Balaban J connectivity index is 2.93. The molecule has 106 valence electrons. The summed E-state index contributed by atoms with van der Waals surface area (Å²) in [5, 5.41) is 9.68. The fourth-order valence-corrected chi connectivity index (χ4v) is 2.68. The highest BCUT2D eigenvalue weighted by molar-refractivity contribution is 7.16. The number of anilines is 1. The summed E-state index contributed by atoms with van der Waals surface area (Å²) in [6.07, 6.45) is 0. The van der Waals surface area contributed by atoms with Gasteiger partial charge in [0.1, 0.15) is 5.00 Å². The van der Waals surface area contributed by atoms with Gasteiger partial charge in [0.15, 0.2) is 0 Å². The second-order valence-electron chi connectivity index (χ2n) is 4.42. The Morgan fingerprint density at radius 3 is 2.68 bits per heavy atom. The van der Waals surface area contributed by atoms with Crippen LogP contribution in [0.2, 0.25) is 0 Å². The maximum atomic E-state index is 11.8. The van der Waals surface area contributed by atoms with Crippen LogP contribution in [0.3, 0.4) is 0 Å². The summed E-state index contributed by atoms with van der Waals surface area (Å²) in [7, 11) is 1.79. The summed E-state index contributed by atoms with van der Waals surface area (Å²) >= 11 is 1.46. The summed E-state index contributed by atoms with van der Waals surface area (Å²) in [6, 6.07) is 1.78. The Bertz CT molecular complexity index is 469. The van der Waals surface area contributed by atoms with E-state index in [4.69, 9.17) is 9.84 Å². The van der Waals surface area contributed by atoms with E-state index in [0.29, 0.717) is 18.7 Å². The van der Waals surface area contributed by atoms with Crippen molar-refractivity contribution in [2.24, 2.45) is 5.92 Å². The number of aryl methyl sites for hydroxylation is 1. The lowest BCUT2D eigenvalue weighted by atomic mass is 10.1. The number of esters is 1. The molecule has 0 spiro atoms. The van der Waals surface area contributed by atoms with Gasteiger partial charge in [-0.05, 0) is 19.9 Å². The summed E-state index contributed by atoms with van der Waals surface area (Å²) in [6.45, 7) is 5.98. The van der Waals surface area contributed by atoms with Crippen molar-refractivity contribution >= 4 is 28.3 Å². The topological polar surface area (TPSA) is 66.8 Å². The molecule has 5 nitrogen and oxygen atoms in total. The standard InChI is InChI=1S/C13H19NO4S/c1-5-18-13(17)10-6-9(3)19-11(10)14(4)7-8(2)12(15)16/h6,8H,5,7H2,1-4H3,(H,15,16). The Hall–Kier alpha value is -1.56. The Morgan fingerprint density at radius 1 is 1.53 bits per heavy atom. The molecule has 0 bridgehead atoms. The molecule has 0 aromatic carbocycles. The van der Waals surface area contributed by atoms with Gasteiger partial charge in [-0.25, -0.2) is 4.79 Å². The summed E-state index contributed by atoms with van der Waals surface area (Å²) in [5.74, 6) is -1.71. The molecule has 0 amide bonds. The van der Waals surface area contributed by atoms with E-state index in [1.807, 2.05) is 6.92 Å². The maximum Gasteiger partial charge on any atom is 0.341 e. The number of hydrogen-bond acceptors (Lipinski definition) is 5. The van der Waals surface area contributed by atoms with Crippen LogP contribution in [0, 0.1) is 12.8 Å². The predicted molar refractivity (Wildman–Crippen MR) is 75.1 cm³/mol. The molecule has 0 aliphatic carbocycles. The average molecular weight is 285 g/mol. The average Bonchev–Trinajstić information content (AvgIpc) is 2.71. The Kier molecular flexibility index (Phi) is 5.35. The normalized spacial score (nSPS) is 12.0. The zero-order valence-electron chi connectivity index (χ0n) is 11.6. The van der Waals surface area contributed by atoms with Crippen LogP contribution in [0.25, 0.3) is 0 Å². The molecule has 1 N–H and O–H groups in total. The van der Waals surface area contributed by atoms with Gasteiger partial charge in [0.05, 0.1) is 18.1 Å². The smallest absolute Gasteiger partial charge is 0.341 e. The molecule has 1 atom stereocenters. The quantitative estimate of drug-likeness (QED) is 0.813. The van der Waals surface area contributed by atoms with Gasteiger partial charge in [-0.1, -0.05) is 6.92 Å². The predicted octanol–water partition coefficient (Wildman–Crippen LogP) is 2.39. The highest BCUT2D eigenvalue weighted by Gasteiger charge is 2.21. The minimum atomic E-state index is -0.849. The zero-order chi connectivity index (χ0) is 14.6. The molecular weight excluding hydrogens is 266 g/mol. The summed E-state index contributed by atoms with van der Waals surface area (Å²) < 4.78 is 5.01. The second-order valence-corrected chi connectivity index (χ2v) is 5.65. The molecule has 0 aliphatic rings. The first-order chi connectivity index (χ1) is 8.86. The van der Waals surface area contributed by atoms with Crippen molar-refractivity contribution in [3.63, 3.8) is 0 Å². The van der Waals surface area contributed by atoms with E-state index in [-0.39, 0.29) is 5.97 Å². The number of carbonyl (C=O) groups excluding carboxylic acids is 1. The molecule has 1 rings (SSSR count). The molecule has 1 aromatic heterocycles. The first kappa shape index (κ1) is 15.5. The lowest BCUT2D eigenvalue weighted by molar-refractivity contribution is -0.140. The fraction of sp³-hybridized carbons (Fsp3) is 0.538. The van der Waals surface area contributed by atoms with Crippen molar-refractivity contribution < 1.29 is 19.4 Å². The third kappa shape index (κ3) is 3.96. The highest BCUT2D eigenvalue weighted by Crippen LogP contribution is 2.31. The third-order valence-electron chi connectivity index (χ3n) is 2.65. The molecule has 19 heavy (non-hydrogen) atoms. The van der Waals surface area contributed by atoms with Gasteiger partial charge >= 0.3 is 11.9 Å². The first-order valence-corrected chi connectivity index (χ1v) is 6.90. The molecule has 1 unspecified atom stereocenters. The number of carboxylic acid groups (broad SMARTS) is 1. The first-order valence-electron chi connectivity index (χ1n) is 6.08. The van der Waals surface area contributed by atoms with E-state index in [1.165, 1.54) is 11.3 Å². The number of ether oxygens (including phenoxy) is 1. The van der Waals surface area contributed by atoms with Crippen molar-refractivity contribution in [3.8, 4) is 0 Å². The van der Waals surface area contributed by atoms with Crippen molar-refractivity contribution in [2.45, 2.75) is 20.8 Å². The minimum Gasteiger partial charge on any atom is -0.481 e. The van der Waals surface area contributed by atoms with E-state index in [9.17, 15) is 9.59 Å². The number of carbonyl (C=O) groups is 2. The molecule has 0 aliphatic heterocycles. The van der Waals surface area contributed by atoms with E-state index in [1.54, 1.807) is 31.9 Å². The molecule has 6 heteroatoms. The van der Waals surface area contributed by atoms with Crippen LogP contribution in [-0.4, -0.2) is 37.2 Å². The number of nitrogens with zero attached hydrogens (tertiary/aromatic N) is 1. The van der Waals surface area contributed by atoms with Gasteiger partial charge in [-0.15, -0.1) is 11.3 Å². The minimum absolute atomic E-state index is 0.322. The molecule has 1 aromatic rings. The molecule has 0 fully saturated rings. The van der Waals surface area contributed by atoms with Crippen molar-refractivity contribution in [2.75, 3.05) is 25.1 Å². The van der Waals surface area contributed by atoms with Crippen molar-refractivity contribution in [1.82, 2.24) is 0 Å². The maximum absolute atomic E-state index is 11.8. The number of aliphatic carboxylic acids is 1. The molecule has 0 saturated carbocycles. The van der Waals surface area contributed by atoms with Crippen molar-refractivity contribution in [1.29, 1.82) is 0 Å². The van der Waals surface area contributed by atoms with Gasteiger partial charge in [0.25, 0.3) is 0 Å². The number of carboxylic acids is 1. The van der Waals surface area contributed by atoms with E-state index in [2.05, 4.69) is 0 Å². The Labute approximate surface area is 116 Å². The van der Waals surface area contributed by atoms with Crippen LogP contribution in [0.15, 0.2) is 6.07 Å². The number of rotatable bonds is 6. The summed E-state index contributed by atoms with van der Waals surface area (Å²) in [5.41, 5.74) is 0.504.